The number of ketones is 2. The Kier molecular flexibility index (Phi) is 5.69. The van der Waals surface area contributed by atoms with Crippen LogP contribution in [0, 0.1) is 5.82 Å². The highest BCUT2D eigenvalue weighted by Gasteiger charge is 2.48. The van der Waals surface area contributed by atoms with Crippen LogP contribution in [0.4, 0.5) is 4.39 Å². The molecule has 158 valence electrons. The summed E-state index contributed by atoms with van der Waals surface area (Å²) in [7, 11) is -3.39. The molecular weight excluding hydrogens is 407 g/mol. The zero-order chi connectivity index (χ0) is 22.3. The van der Waals surface area contributed by atoms with Crippen LogP contribution in [-0.2, 0) is 19.4 Å². The van der Waals surface area contributed by atoms with Gasteiger partial charge in [-0.2, -0.15) is 0 Å². The van der Waals surface area contributed by atoms with Crippen molar-refractivity contribution in [1.82, 2.24) is 0 Å². The Morgan fingerprint density at radius 2 is 1.67 bits per heavy atom. The van der Waals surface area contributed by atoms with E-state index in [0.717, 1.165) is 12.3 Å². The van der Waals surface area contributed by atoms with Gasteiger partial charge in [-0.05, 0) is 50.1 Å². The Morgan fingerprint density at radius 3 is 2.13 bits per heavy atom. The molecule has 0 saturated carbocycles. The number of halogens is 1. The first kappa shape index (κ1) is 21.9. The van der Waals surface area contributed by atoms with E-state index < -0.39 is 21.3 Å². The number of benzene rings is 2. The van der Waals surface area contributed by atoms with E-state index in [2.05, 4.69) is 0 Å². The third kappa shape index (κ3) is 3.69. The molecule has 0 N–H and O–H groups in total. The van der Waals surface area contributed by atoms with Gasteiger partial charge in [-0.1, -0.05) is 26.0 Å². The minimum absolute atomic E-state index is 0.0518. The summed E-state index contributed by atoms with van der Waals surface area (Å²) in [6.45, 7) is 4.99. The van der Waals surface area contributed by atoms with Gasteiger partial charge in [0.2, 0.25) is 5.78 Å². The largest absolute Gasteiger partial charge is 0.478 e. The van der Waals surface area contributed by atoms with Crippen molar-refractivity contribution in [3.05, 3.63) is 65.0 Å². The van der Waals surface area contributed by atoms with E-state index in [1.807, 2.05) is 13.8 Å². The van der Waals surface area contributed by atoms with Gasteiger partial charge in [0.15, 0.2) is 21.2 Å². The van der Waals surface area contributed by atoms with Crippen LogP contribution in [0.1, 0.15) is 55.1 Å². The second-order valence-corrected chi connectivity index (χ2v) is 9.40. The molecule has 0 bridgehead atoms. The molecule has 7 heteroatoms. The molecule has 30 heavy (non-hydrogen) atoms. The van der Waals surface area contributed by atoms with Crippen LogP contribution in [0.5, 0.6) is 0 Å². The molecule has 3 rings (SSSR count). The molecule has 5 nitrogen and oxygen atoms in total. The molecule has 2 aromatic carbocycles. The highest BCUT2D eigenvalue weighted by atomic mass is 32.2. The first-order valence-corrected chi connectivity index (χ1v) is 11.5. The smallest absolute Gasteiger partial charge is 0.210 e. The first-order chi connectivity index (χ1) is 14.0. The monoisotopic (exact) mass is 430 g/mol. The van der Waals surface area contributed by atoms with Crippen molar-refractivity contribution in [3.63, 3.8) is 0 Å². The van der Waals surface area contributed by atoms with Crippen LogP contribution in [0.2, 0.25) is 0 Å². The number of carbonyl (C=O) groups is 2. The third-order valence-electron chi connectivity index (χ3n) is 5.50. The summed E-state index contributed by atoms with van der Waals surface area (Å²) in [6, 6.07) is 9.94. The minimum atomic E-state index is -3.39. The van der Waals surface area contributed by atoms with Crippen LogP contribution < -0.4 is 0 Å². The van der Waals surface area contributed by atoms with Crippen molar-refractivity contribution < 1.29 is 27.1 Å². The van der Waals surface area contributed by atoms with E-state index in [9.17, 15) is 22.4 Å². The third-order valence-corrected chi connectivity index (χ3v) is 6.63. The Labute approximate surface area is 175 Å². The summed E-state index contributed by atoms with van der Waals surface area (Å²) in [4.78, 5) is 25.1. The molecule has 2 aromatic rings. The second kappa shape index (κ2) is 7.80. The highest BCUT2D eigenvalue weighted by molar-refractivity contribution is 7.90. The molecule has 0 spiro atoms. The van der Waals surface area contributed by atoms with E-state index in [4.69, 9.17) is 4.74 Å². The summed E-state index contributed by atoms with van der Waals surface area (Å²) >= 11 is 0. The van der Waals surface area contributed by atoms with Crippen molar-refractivity contribution >= 4 is 32.7 Å². The maximum absolute atomic E-state index is 14.9. The van der Waals surface area contributed by atoms with Crippen LogP contribution >= 0.6 is 0 Å². The lowest BCUT2D eigenvalue weighted by Gasteiger charge is -2.25. The fraction of sp³-hybridized carbons (Fsp3) is 0.304. The maximum Gasteiger partial charge on any atom is 0.210 e. The zero-order valence-corrected chi connectivity index (χ0v) is 18.1. The van der Waals surface area contributed by atoms with E-state index >= 15 is 0 Å². The Bertz CT molecular complexity index is 1160. The lowest BCUT2D eigenvalue weighted by atomic mass is 9.86. The summed E-state index contributed by atoms with van der Waals surface area (Å²) < 4.78 is 44.6. The minimum Gasteiger partial charge on any atom is -0.478 e. The van der Waals surface area contributed by atoms with E-state index in [-0.39, 0.29) is 38.9 Å². The van der Waals surface area contributed by atoms with Crippen LogP contribution in [-0.4, -0.2) is 31.8 Å². The molecule has 0 aromatic heterocycles. The normalized spacial score (nSPS) is 16.0. The van der Waals surface area contributed by atoms with Gasteiger partial charge in [0, 0.05) is 22.9 Å². The molecule has 0 atom stereocenters. The maximum atomic E-state index is 14.9. The molecular formula is C23H23FO5S. The number of hydrogen-bond acceptors (Lipinski definition) is 5. The average molecular weight is 430 g/mol. The van der Waals surface area contributed by atoms with Gasteiger partial charge in [-0.3, -0.25) is 9.59 Å². The number of hydrogen-bond donors (Lipinski definition) is 0. The van der Waals surface area contributed by atoms with Crippen LogP contribution in [0.25, 0.3) is 11.3 Å². The summed E-state index contributed by atoms with van der Waals surface area (Å²) in [5.41, 5.74) is -0.287. The van der Waals surface area contributed by atoms with Gasteiger partial charge in [0.1, 0.15) is 11.6 Å². The van der Waals surface area contributed by atoms with Crippen LogP contribution in [0.15, 0.2) is 47.4 Å². The lowest BCUT2D eigenvalue weighted by Crippen LogP contribution is -2.35. The number of carbonyl (C=O) groups excluding carboxylic acids is 2. The standard InChI is InChI=1S/C23H23FO5S/c1-5-23(6-2)22(26)20(18-12-9-16(14(3)25)13-19(18)24)21(29-23)15-7-10-17(11-8-15)30(4,27)28/h7-13H,5-6H2,1-4H3. The van der Waals surface area contributed by atoms with Crippen molar-refractivity contribution in [3.8, 4) is 0 Å². The number of ether oxygens (including phenoxy) is 1. The quantitative estimate of drug-likeness (QED) is 0.633. The molecule has 0 saturated heterocycles. The van der Waals surface area contributed by atoms with Crippen molar-refractivity contribution in [2.75, 3.05) is 6.26 Å². The van der Waals surface area contributed by atoms with Crippen LogP contribution in [0.3, 0.4) is 0 Å². The fourth-order valence-corrected chi connectivity index (χ4v) is 4.21. The summed E-state index contributed by atoms with van der Waals surface area (Å²) in [5.74, 6) is -1.10. The van der Waals surface area contributed by atoms with E-state index in [1.54, 1.807) is 12.1 Å². The molecule has 1 heterocycles. The van der Waals surface area contributed by atoms with Gasteiger partial charge in [-0.25, -0.2) is 12.8 Å². The number of rotatable bonds is 6. The van der Waals surface area contributed by atoms with Crippen molar-refractivity contribution in [2.24, 2.45) is 0 Å². The predicted molar refractivity (Wildman–Crippen MR) is 112 cm³/mol. The van der Waals surface area contributed by atoms with E-state index in [0.29, 0.717) is 18.4 Å². The Morgan fingerprint density at radius 1 is 1.07 bits per heavy atom. The molecule has 1 aliphatic rings. The zero-order valence-electron chi connectivity index (χ0n) is 17.3. The fourth-order valence-electron chi connectivity index (χ4n) is 3.58. The first-order valence-electron chi connectivity index (χ1n) is 9.63. The van der Waals surface area contributed by atoms with Gasteiger partial charge < -0.3 is 4.74 Å². The molecule has 0 amide bonds. The van der Waals surface area contributed by atoms with E-state index in [1.165, 1.54) is 31.2 Å². The number of Topliss-reactive ketones (excluding diaryl/α,β-unsaturated/α-hetero) is 2. The summed E-state index contributed by atoms with van der Waals surface area (Å²) in [5, 5.41) is 0. The SMILES string of the molecule is CCC1(CC)OC(c2ccc(S(C)(=O)=O)cc2)=C(c2ccc(C(C)=O)cc2F)C1=O. The molecule has 0 fully saturated rings. The Hall–Kier alpha value is -2.80. The molecule has 0 unspecified atom stereocenters. The van der Waals surface area contributed by atoms with Gasteiger partial charge in [0.25, 0.3) is 0 Å². The molecule has 0 radical (unpaired) electrons. The predicted octanol–water partition coefficient (Wildman–Crippen LogP) is 4.46. The summed E-state index contributed by atoms with van der Waals surface area (Å²) in [6.07, 6.45) is 1.89. The van der Waals surface area contributed by atoms with Gasteiger partial charge in [-0.15, -0.1) is 0 Å². The lowest BCUT2D eigenvalue weighted by molar-refractivity contribution is -0.128. The topological polar surface area (TPSA) is 77.5 Å². The Balaban J connectivity index is 2.22. The van der Waals surface area contributed by atoms with Crippen molar-refractivity contribution in [2.45, 2.75) is 44.1 Å². The molecule has 0 aliphatic carbocycles. The second-order valence-electron chi connectivity index (χ2n) is 7.38. The van der Waals surface area contributed by atoms with Gasteiger partial charge in [0.05, 0.1) is 10.5 Å². The highest BCUT2D eigenvalue weighted by Crippen LogP contribution is 2.45. The average Bonchev–Trinajstić information content (AvgIpc) is 3.00. The van der Waals surface area contributed by atoms with Gasteiger partial charge >= 0.3 is 0 Å². The number of sulfone groups is 1. The van der Waals surface area contributed by atoms with Crippen molar-refractivity contribution in [1.29, 1.82) is 0 Å². The molecule has 1 aliphatic heterocycles.